The van der Waals surface area contributed by atoms with Gasteiger partial charge < -0.3 is 37.6 Å². The zero-order valence-electron chi connectivity index (χ0n) is 19.6. The van der Waals surface area contributed by atoms with Gasteiger partial charge in [-0.25, -0.2) is 4.79 Å². The van der Waals surface area contributed by atoms with Gasteiger partial charge in [-0.3, -0.25) is 19.2 Å². The molecular weight excluding hydrogens is 478 g/mol. The molecular formula is C22H33N5O7S. The number of thiol groups is 1. The van der Waals surface area contributed by atoms with Crippen LogP contribution in [0.5, 0.6) is 5.75 Å². The molecule has 9 N–H and O–H groups in total. The maximum atomic E-state index is 13.0. The lowest BCUT2D eigenvalue weighted by atomic mass is 10.0. The van der Waals surface area contributed by atoms with E-state index in [9.17, 15) is 29.1 Å². The van der Waals surface area contributed by atoms with Crippen molar-refractivity contribution >= 4 is 42.2 Å². The van der Waals surface area contributed by atoms with E-state index in [0.717, 1.165) is 0 Å². The van der Waals surface area contributed by atoms with E-state index in [4.69, 9.17) is 16.6 Å². The number of aliphatic carboxylic acids is 1. The molecule has 4 amide bonds. The number of carboxylic acid groups (broad SMARTS) is 1. The van der Waals surface area contributed by atoms with Crippen LogP contribution in [-0.2, 0) is 30.4 Å². The molecule has 1 aromatic rings. The molecule has 0 fully saturated rings. The van der Waals surface area contributed by atoms with Crippen LogP contribution in [-0.4, -0.2) is 69.7 Å². The smallest absolute Gasteiger partial charge is 0.327 e. The number of phenols is 1. The van der Waals surface area contributed by atoms with Crippen LogP contribution < -0.4 is 27.4 Å². The molecule has 0 aliphatic rings. The Labute approximate surface area is 208 Å². The van der Waals surface area contributed by atoms with Gasteiger partial charge in [-0.1, -0.05) is 26.0 Å². The Morgan fingerprint density at radius 1 is 0.914 bits per heavy atom. The topological polar surface area (TPSA) is 214 Å². The first-order chi connectivity index (χ1) is 16.3. The van der Waals surface area contributed by atoms with Crippen LogP contribution in [0.1, 0.15) is 32.3 Å². The summed E-state index contributed by atoms with van der Waals surface area (Å²) in [4.78, 5) is 60.8. The predicted molar refractivity (Wildman–Crippen MR) is 130 cm³/mol. The van der Waals surface area contributed by atoms with Gasteiger partial charge in [0.15, 0.2) is 0 Å². The van der Waals surface area contributed by atoms with E-state index in [-0.39, 0.29) is 30.3 Å². The Hall–Kier alpha value is -3.32. The molecule has 0 saturated carbocycles. The lowest BCUT2D eigenvalue weighted by molar-refractivity contribution is -0.141. The van der Waals surface area contributed by atoms with Gasteiger partial charge in [0, 0.05) is 5.75 Å². The van der Waals surface area contributed by atoms with E-state index in [1.165, 1.54) is 12.1 Å². The number of nitrogens with one attached hydrogen (secondary N) is 3. The van der Waals surface area contributed by atoms with E-state index in [0.29, 0.717) is 5.56 Å². The third-order valence-corrected chi connectivity index (χ3v) is 5.27. The molecule has 1 aromatic carbocycles. The van der Waals surface area contributed by atoms with Crippen LogP contribution in [0.15, 0.2) is 24.3 Å². The fourth-order valence-corrected chi connectivity index (χ4v) is 3.35. The number of hydrogen-bond acceptors (Lipinski definition) is 8. The Bertz CT molecular complexity index is 910. The molecule has 0 aliphatic heterocycles. The Kier molecular flexibility index (Phi) is 12.0. The zero-order valence-corrected chi connectivity index (χ0v) is 20.5. The lowest BCUT2D eigenvalue weighted by Gasteiger charge is -2.25. The summed E-state index contributed by atoms with van der Waals surface area (Å²) < 4.78 is 0. The number of primary amides is 1. The van der Waals surface area contributed by atoms with Crippen molar-refractivity contribution in [1.29, 1.82) is 0 Å². The summed E-state index contributed by atoms with van der Waals surface area (Å²) in [5.41, 5.74) is 11.9. The molecule has 194 valence electrons. The summed E-state index contributed by atoms with van der Waals surface area (Å²) in [5.74, 6) is -4.74. The van der Waals surface area contributed by atoms with Crippen LogP contribution in [0.4, 0.5) is 0 Å². The molecule has 0 spiro atoms. The molecule has 0 heterocycles. The van der Waals surface area contributed by atoms with Crippen molar-refractivity contribution in [1.82, 2.24) is 16.0 Å². The van der Waals surface area contributed by atoms with Crippen LogP contribution in [0.3, 0.4) is 0 Å². The lowest BCUT2D eigenvalue weighted by Crippen LogP contribution is -2.58. The molecule has 4 atom stereocenters. The van der Waals surface area contributed by atoms with Gasteiger partial charge >= 0.3 is 5.97 Å². The first-order valence-electron chi connectivity index (χ1n) is 10.9. The van der Waals surface area contributed by atoms with Gasteiger partial charge in [0.25, 0.3) is 0 Å². The highest BCUT2D eigenvalue weighted by molar-refractivity contribution is 7.80. The summed E-state index contributed by atoms with van der Waals surface area (Å²) in [5, 5.41) is 25.6. The summed E-state index contributed by atoms with van der Waals surface area (Å²) >= 11 is 3.86. The first kappa shape index (κ1) is 29.7. The fourth-order valence-electron chi connectivity index (χ4n) is 3.10. The summed E-state index contributed by atoms with van der Waals surface area (Å²) in [7, 11) is 0. The molecule has 0 aliphatic carbocycles. The predicted octanol–water partition coefficient (Wildman–Crippen LogP) is -1.35. The molecule has 0 bridgehead atoms. The molecule has 35 heavy (non-hydrogen) atoms. The Morgan fingerprint density at radius 2 is 1.43 bits per heavy atom. The first-order valence-corrected chi connectivity index (χ1v) is 11.5. The normalized spacial score (nSPS) is 14.3. The van der Waals surface area contributed by atoms with E-state index >= 15 is 0 Å². The van der Waals surface area contributed by atoms with Crippen molar-refractivity contribution in [2.45, 2.75) is 57.3 Å². The Morgan fingerprint density at radius 3 is 1.91 bits per heavy atom. The molecule has 1 rings (SSSR count). The van der Waals surface area contributed by atoms with Crippen molar-refractivity contribution in [3.63, 3.8) is 0 Å². The monoisotopic (exact) mass is 511 g/mol. The van der Waals surface area contributed by atoms with Gasteiger partial charge in [0.1, 0.15) is 23.9 Å². The number of amides is 4. The standard InChI is InChI=1S/C22H33N5O7S/c1-11(2)7-15(25-19(30)14(23)8-12-3-5-13(28)6-4-12)20(31)26-16(9-18(24)29)21(32)27-17(10-35)22(33)34/h3-6,11,14-17,28,35H,7-10,23H2,1-2H3,(H2,24,29)(H,25,30)(H,26,31)(H,27,32)(H,33,34). The summed E-state index contributed by atoms with van der Waals surface area (Å²) in [6.07, 6.45) is -0.239. The van der Waals surface area contributed by atoms with E-state index in [2.05, 4.69) is 28.6 Å². The van der Waals surface area contributed by atoms with Crippen molar-refractivity contribution < 1.29 is 34.2 Å². The largest absolute Gasteiger partial charge is 0.508 e. The van der Waals surface area contributed by atoms with E-state index in [1.54, 1.807) is 12.1 Å². The fraction of sp³-hybridized carbons (Fsp3) is 0.500. The highest BCUT2D eigenvalue weighted by Gasteiger charge is 2.31. The van der Waals surface area contributed by atoms with Gasteiger partial charge in [0.05, 0.1) is 12.5 Å². The average Bonchev–Trinajstić information content (AvgIpc) is 2.76. The minimum atomic E-state index is -1.46. The quantitative estimate of drug-likeness (QED) is 0.139. The summed E-state index contributed by atoms with van der Waals surface area (Å²) in [6, 6.07) is 1.26. The van der Waals surface area contributed by atoms with Crippen LogP contribution in [0.2, 0.25) is 0 Å². The number of carboxylic acids is 1. The maximum Gasteiger partial charge on any atom is 0.327 e. The molecule has 4 unspecified atom stereocenters. The van der Waals surface area contributed by atoms with Crippen molar-refractivity contribution in [3.05, 3.63) is 29.8 Å². The zero-order chi connectivity index (χ0) is 26.7. The van der Waals surface area contributed by atoms with Crippen molar-refractivity contribution in [2.75, 3.05) is 5.75 Å². The van der Waals surface area contributed by atoms with Crippen molar-refractivity contribution in [2.24, 2.45) is 17.4 Å². The van der Waals surface area contributed by atoms with Gasteiger partial charge in [-0.15, -0.1) is 0 Å². The number of carbonyl (C=O) groups excluding carboxylic acids is 4. The molecule has 12 nitrogen and oxygen atoms in total. The second-order valence-corrected chi connectivity index (χ2v) is 8.85. The minimum Gasteiger partial charge on any atom is -0.508 e. The number of carbonyl (C=O) groups is 5. The number of benzene rings is 1. The minimum absolute atomic E-state index is 0.0386. The van der Waals surface area contributed by atoms with E-state index in [1.807, 2.05) is 13.8 Å². The maximum absolute atomic E-state index is 13.0. The van der Waals surface area contributed by atoms with Crippen molar-refractivity contribution in [3.8, 4) is 5.75 Å². The third-order valence-electron chi connectivity index (χ3n) is 4.90. The number of phenolic OH excluding ortho intramolecular Hbond substituents is 1. The molecule has 0 saturated heterocycles. The van der Waals surface area contributed by atoms with E-state index < -0.39 is 60.2 Å². The van der Waals surface area contributed by atoms with Gasteiger partial charge in [0.2, 0.25) is 23.6 Å². The van der Waals surface area contributed by atoms with Crippen LogP contribution in [0.25, 0.3) is 0 Å². The number of nitrogens with two attached hydrogens (primary N) is 2. The number of hydrogen-bond donors (Lipinski definition) is 8. The Balaban J connectivity index is 2.94. The van der Waals surface area contributed by atoms with Crippen LogP contribution in [0, 0.1) is 5.92 Å². The van der Waals surface area contributed by atoms with Gasteiger partial charge in [-0.2, -0.15) is 12.6 Å². The SMILES string of the molecule is CC(C)CC(NC(=O)C(N)Cc1ccc(O)cc1)C(=O)NC(CC(N)=O)C(=O)NC(CS)C(=O)O. The molecule has 13 heteroatoms. The number of rotatable bonds is 14. The average molecular weight is 512 g/mol. The molecule has 0 aromatic heterocycles. The highest BCUT2D eigenvalue weighted by atomic mass is 32.1. The summed E-state index contributed by atoms with van der Waals surface area (Å²) in [6.45, 7) is 3.64. The van der Waals surface area contributed by atoms with Gasteiger partial charge in [-0.05, 0) is 36.5 Å². The highest BCUT2D eigenvalue weighted by Crippen LogP contribution is 2.12. The second kappa shape index (κ2) is 14.2. The molecule has 0 radical (unpaired) electrons. The number of aromatic hydroxyl groups is 1. The third kappa shape index (κ3) is 10.6. The second-order valence-electron chi connectivity index (χ2n) is 8.48. The van der Waals surface area contributed by atoms with Crippen LogP contribution >= 0.6 is 12.6 Å².